The van der Waals surface area contributed by atoms with Gasteiger partial charge in [0.25, 0.3) is 0 Å². The first-order valence-electron chi connectivity index (χ1n) is 9.51. The van der Waals surface area contributed by atoms with Crippen molar-refractivity contribution < 1.29 is 29.3 Å². The molecule has 0 radical (unpaired) electrons. The molecule has 29 heavy (non-hydrogen) atoms. The fraction of sp³-hybridized carbons (Fsp3) is 0.318. The normalized spacial score (nSPS) is 19.8. The summed E-state index contributed by atoms with van der Waals surface area (Å²) >= 11 is 0. The molecule has 7 heteroatoms. The molecule has 2 aromatic carbocycles. The van der Waals surface area contributed by atoms with Crippen LogP contribution in [0.2, 0.25) is 0 Å². The first-order chi connectivity index (χ1) is 14.1. The van der Waals surface area contributed by atoms with Crippen molar-refractivity contribution in [2.45, 2.75) is 18.4 Å². The summed E-state index contributed by atoms with van der Waals surface area (Å²) in [4.78, 5) is 15.2. The highest BCUT2D eigenvalue weighted by Gasteiger charge is 2.30. The topological polar surface area (TPSA) is 88.5 Å². The number of nitrogens with zero attached hydrogens (tertiary/aromatic N) is 1. The molecule has 1 saturated heterocycles. The maximum atomic E-state index is 10.6. The van der Waals surface area contributed by atoms with Crippen molar-refractivity contribution in [3.8, 4) is 11.5 Å². The maximum absolute atomic E-state index is 10.6. The van der Waals surface area contributed by atoms with Crippen molar-refractivity contribution in [2.75, 3.05) is 26.3 Å². The third kappa shape index (κ3) is 6.51. The molecular weight excluding hydrogens is 374 g/mol. The van der Waals surface area contributed by atoms with Crippen LogP contribution in [0.4, 0.5) is 4.79 Å². The molecule has 1 heterocycles. The number of hydrogen-bond acceptors (Lipinski definition) is 6. The van der Waals surface area contributed by atoms with Gasteiger partial charge in [-0.25, -0.2) is 4.79 Å². The SMILES string of the molecule is O=C(O)ON1CCC(c2ccc(OC/C=C/COc3ccccc3)cc2)C(O)C1. The van der Waals surface area contributed by atoms with Crippen LogP contribution in [0.3, 0.4) is 0 Å². The van der Waals surface area contributed by atoms with Gasteiger partial charge in [-0.3, -0.25) is 0 Å². The molecule has 1 fully saturated rings. The van der Waals surface area contributed by atoms with Gasteiger partial charge in [-0.1, -0.05) is 30.3 Å². The average molecular weight is 399 g/mol. The van der Waals surface area contributed by atoms with Crippen LogP contribution < -0.4 is 9.47 Å². The van der Waals surface area contributed by atoms with Crippen LogP contribution in [0.25, 0.3) is 0 Å². The summed E-state index contributed by atoms with van der Waals surface area (Å²) in [6, 6.07) is 17.2. The summed E-state index contributed by atoms with van der Waals surface area (Å²) in [5.41, 5.74) is 0.992. The van der Waals surface area contributed by atoms with Crippen LogP contribution in [0.15, 0.2) is 66.7 Å². The quantitative estimate of drug-likeness (QED) is 0.657. The van der Waals surface area contributed by atoms with Crippen molar-refractivity contribution in [3.63, 3.8) is 0 Å². The average Bonchev–Trinajstić information content (AvgIpc) is 2.72. The van der Waals surface area contributed by atoms with Crippen LogP contribution >= 0.6 is 0 Å². The van der Waals surface area contributed by atoms with Gasteiger partial charge < -0.3 is 24.5 Å². The molecule has 1 aliphatic rings. The smallest absolute Gasteiger partial charge is 0.490 e. The van der Waals surface area contributed by atoms with Crippen molar-refractivity contribution >= 4 is 6.16 Å². The van der Waals surface area contributed by atoms with E-state index in [2.05, 4.69) is 4.84 Å². The first kappa shape index (κ1) is 20.7. The number of benzene rings is 2. The molecule has 1 aliphatic heterocycles. The molecule has 2 unspecified atom stereocenters. The van der Waals surface area contributed by atoms with Gasteiger partial charge in [-0.05, 0) is 48.4 Å². The number of ether oxygens (including phenoxy) is 2. The van der Waals surface area contributed by atoms with E-state index in [9.17, 15) is 9.90 Å². The van der Waals surface area contributed by atoms with Crippen LogP contribution in [0.1, 0.15) is 17.9 Å². The molecular formula is C22H25NO6. The van der Waals surface area contributed by atoms with Crippen molar-refractivity contribution in [3.05, 3.63) is 72.3 Å². The molecule has 3 rings (SSSR count). The monoisotopic (exact) mass is 399 g/mol. The Bertz CT molecular complexity index is 793. The molecule has 2 N–H and O–H groups in total. The highest BCUT2D eigenvalue weighted by atomic mass is 16.8. The Morgan fingerprint density at radius 3 is 2.21 bits per heavy atom. The third-order valence-corrected chi connectivity index (χ3v) is 4.66. The minimum Gasteiger partial charge on any atom is -0.490 e. The van der Waals surface area contributed by atoms with Crippen LogP contribution in [-0.4, -0.2) is 53.8 Å². The second-order valence-electron chi connectivity index (χ2n) is 6.68. The number of carbonyl (C=O) groups is 1. The number of carboxylic acid groups (broad SMARTS) is 1. The molecule has 154 valence electrons. The van der Waals surface area contributed by atoms with Crippen LogP contribution in [0.5, 0.6) is 11.5 Å². The summed E-state index contributed by atoms with van der Waals surface area (Å²) in [6.45, 7) is 1.52. The second-order valence-corrected chi connectivity index (χ2v) is 6.68. The number of rotatable bonds is 8. The van der Waals surface area contributed by atoms with E-state index in [-0.39, 0.29) is 12.5 Å². The van der Waals surface area contributed by atoms with Gasteiger partial charge in [0.1, 0.15) is 24.7 Å². The molecule has 0 spiro atoms. The van der Waals surface area contributed by atoms with Gasteiger partial charge in [0.2, 0.25) is 0 Å². The molecule has 7 nitrogen and oxygen atoms in total. The second kappa shape index (κ2) is 10.5. The zero-order valence-corrected chi connectivity index (χ0v) is 16.0. The fourth-order valence-corrected chi connectivity index (χ4v) is 3.24. The zero-order chi connectivity index (χ0) is 20.5. The summed E-state index contributed by atoms with van der Waals surface area (Å²) in [5, 5.41) is 20.3. The standard InChI is InChI=1S/C22H25NO6/c24-21-16-23(29-22(25)26)13-12-20(21)17-8-10-19(11-9-17)28-15-5-4-14-27-18-6-2-1-3-7-18/h1-11,20-21,24H,12-16H2,(H,25,26)/b5-4+. The number of aliphatic hydroxyl groups is 1. The van der Waals surface area contributed by atoms with Crippen molar-refractivity contribution in [1.29, 1.82) is 0 Å². The fourth-order valence-electron chi connectivity index (χ4n) is 3.24. The Kier molecular flexibility index (Phi) is 7.49. The van der Waals surface area contributed by atoms with Gasteiger partial charge in [0, 0.05) is 12.5 Å². The Hall–Kier alpha value is -3.03. The number of piperidine rings is 1. The largest absolute Gasteiger partial charge is 0.525 e. The lowest BCUT2D eigenvalue weighted by atomic mass is 9.88. The third-order valence-electron chi connectivity index (χ3n) is 4.66. The summed E-state index contributed by atoms with van der Waals surface area (Å²) in [7, 11) is 0. The number of β-amino-alcohol motifs (C(OH)–C–C–N with tert-alkyl or cyclic N) is 1. The number of aliphatic hydroxyl groups excluding tert-OH is 1. The molecule has 0 amide bonds. The Balaban J connectivity index is 1.41. The van der Waals surface area contributed by atoms with E-state index < -0.39 is 12.3 Å². The maximum Gasteiger partial charge on any atom is 0.525 e. The summed E-state index contributed by atoms with van der Waals surface area (Å²) in [6.07, 6.45) is 2.36. The van der Waals surface area contributed by atoms with E-state index in [1.807, 2.05) is 66.7 Å². The minimum absolute atomic E-state index is 0.0623. The van der Waals surface area contributed by atoms with E-state index in [0.717, 1.165) is 17.1 Å². The van der Waals surface area contributed by atoms with Gasteiger partial charge in [-0.2, -0.15) is 0 Å². The Labute approximate surface area is 169 Å². The van der Waals surface area contributed by atoms with Crippen molar-refractivity contribution in [2.24, 2.45) is 0 Å². The van der Waals surface area contributed by atoms with Gasteiger partial charge >= 0.3 is 6.16 Å². The summed E-state index contributed by atoms with van der Waals surface area (Å²) in [5.74, 6) is 1.51. The lowest BCUT2D eigenvalue weighted by Crippen LogP contribution is -2.43. The van der Waals surface area contributed by atoms with Gasteiger partial charge in [0.15, 0.2) is 0 Å². The van der Waals surface area contributed by atoms with E-state index in [1.54, 1.807) is 0 Å². The van der Waals surface area contributed by atoms with Crippen molar-refractivity contribution in [1.82, 2.24) is 5.06 Å². The van der Waals surface area contributed by atoms with Crippen LogP contribution in [0, 0.1) is 0 Å². The number of hydrogen-bond donors (Lipinski definition) is 2. The van der Waals surface area contributed by atoms with E-state index >= 15 is 0 Å². The molecule has 0 bridgehead atoms. The van der Waals surface area contributed by atoms with Crippen LogP contribution in [-0.2, 0) is 4.84 Å². The molecule has 0 aliphatic carbocycles. The molecule has 2 aromatic rings. The predicted molar refractivity (Wildman–Crippen MR) is 107 cm³/mol. The molecule has 0 aromatic heterocycles. The Morgan fingerprint density at radius 2 is 1.62 bits per heavy atom. The minimum atomic E-state index is -1.36. The van der Waals surface area contributed by atoms with E-state index in [4.69, 9.17) is 14.6 Å². The summed E-state index contributed by atoms with van der Waals surface area (Å²) < 4.78 is 11.3. The van der Waals surface area contributed by atoms with E-state index in [0.29, 0.717) is 26.2 Å². The predicted octanol–water partition coefficient (Wildman–Crippen LogP) is 3.46. The molecule has 2 atom stereocenters. The highest BCUT2D eigenvalue weighted by Crippen LogP contribution is 2.29. The lowest BCUT2D eigenvalue weighted by Gasteiger charge is -2.34. The Morgan fingerprint density at radius 1 is 1.00 bits per heavy atom. The van der Waals surface area contributed by atoms with Gasteiger partial charge in [-0.15, -0.1) is 5.06 Å². The van der Waals surface area contributed by atoms with Gasteiger partial charge in [0.05, 0.1) is 12.6 Å². The number of para-hydroxylation sites is 1. The zero-order valence-electron chi connectivity index (χ0n) is 16.0. The highest BCUT2D eigenvalue weighted by molar-refractivity contribution is 5.56. The lowest BCUT2D eigenvalue weighted by molar-refractivity contribution is -0.154. The first-order valence-corrected chi connectivity index (χ1v) is 9.51. The van der Waals surface area contributed by atoms with E-state index in [1.165, 1.54) is 5.06 Å². The number of hydroxylamine groups is 2. The molecule has 0 saturated carbocycles.